The molecule has 0 radical (unpaired) electrons. The van der Waals surface area contributed by atoms with Crippen LogP contribution in [0.15, 0.2) is 24.3 Å². The summed E-state index contributed by atoms with van der Waals surface area (Å²) in [4.78, 5) is 10.9. The van der Waals surface area contributed by atoms with E-state index in [-0.39, 0.29) is 12.3 Å². The van der Waals surface area contributed by atoms with Crippen LogP contribution in [0.5, 0.6) is 0 Å². The predicted octanol–water partition coefficient (Wildman–Crippen LogP) is 0.906. The van der Waals surface area contributed by atoms with E-state index >= 15 is 0 Å². The second-order valence-electron chi connectivity index (χ2n) is 7.54. The molecule has 0 aromatic heterocycles. The molecule has 1 heterocycles. The number of amides is 1. The normalized spacial score (nSPS) is 21.0. The molecule has 0 bridgehead atoms. The number of aliphatic hydroxyl groups excluding tert-OH is 2. The lowest BCUT2D eigenvalue weighted by molar-refractivity contribution is -0.119. The van der Waals surface area contributed by atoms with Crippen molar-refractivity contribution < 1.29 is 24.3 Å². The summed E-state index contributed by atoms with van der Waals surface area (Å²) < 4.78 is 12.0. The van der Waals surface area contributed by atoms with Crippen molar-refractivity contribution in [2.24, 2.45) is 0 Å². The van der Waals surface area contributed by atoms with Crippen molar-refractivity contribution in [2.45, 2.75) is 64.4 Å². The molecule has 2 unspecified atom stereocenters. The molecule has 1 saturated heterocycles. The Morgan fingerprint density at radius 1 is 1.20 bits per heavy atom. The van der Waals surface area contributed by atoms with E-state index in [1.165, 1.54) is 6.92 Å². The zero-order valence-corrected chi connectivity index (χ0v) is 15.6. The number of benzene rings is 1. The summed E-state index contributed by atoms with van der Waals surface area (Å²) in [5, 5.41) is 23.1. The third-order valence-corrected chi connectivity index (χ3v) is 4.96. The van der Waals surface area contributed by atoms with Gasteiger partial charge in [0.1, 0.15) is 6.10 Å². The van der Waals surface area contributed by atoms with Gasteiger partial charge in [-0.2, -0.15) is 0 Å². The van der Waals surface area contributed by atoms with E-state index in [1.54, 1.807) is 18.2 Å². The van der Waals surface area contributed by atoms with Gasteiger partial charge in [0.2, 0.25) is 5.91 Å². The number of hydrogen-bond acceptors (Lipinski definition) is 5. The van der Waals surface area contributed by atoms with Gasteiger partial charge in [0.05, 0.1) is 17.3 Å². The van der Waals surface area contributed by atoms with E-state index in [0.29, 0.717) is 12.1 Å². The lowest BCUT2D eigenvalue weighted by Gasteiger charge is -2.32. The highest BCUT2D eigenvalue weighted by atomic mass is 16.7. The second-order valence-corrected chi connectivity index (χ2v) is 7.54. The number of nitrogens with one attached hydrogen (secondary N) is 1. The second kappa shape index (κ2) is 7.46. The van der Waals surface area contributed by atoms with Crippen molar-refractivity contribution in [3.63, 3.8) is 0 Å². The summed E-state index contributed by atoms with van der Waals surface area (Å²) in [5.41, 5.74) is 0.501. The Morgan fingerprint density at radius 2 is 1.80 bits per heavy atom. The fourth-order valence-electron chi connectivity index (χ4n) is 2.64. The van der Waals surface area contributed by atoms with Crippen LogP contribution in [0, 0.1) is 0 Å². The molecule has 1 aromatic rings. The molecule has 1 aromatic carbocycles. The minimum Gasteiger partial charge on any atom is -0.399 e. The molecule has 6 nitrogen and oxygen atoms in total. The molecule has 1 aliphatic rings. The molecule has 1 fully saturated rings. The first-order valence-corrected chi connectivity index (χ1v) is 8.59. The van der Waals surface area contributed by atoms with Gasteiger partial charge in [0.25, 0.3) is 0 Å². The van der Waals surface area contributed by atoms with Crippen LogP contribution in [-0.2, 0) is 14.1 Å². The van der Waals surface area contributed by atoms with Gasteiger partial charge in [-0.15, -0.1) is 0 Å². The van der Waals surface area contributed by atoms with Crippen molar-refractivity contribution in [3.8, 4) is 0 Å². The SMILES string of the molecule is CC(=O)NCCC(O)C(O)c1cccc(B2OC(C)(C)C(C)(C)O2)c1. The van der Waals surface area contributed by atoms with Crippen LogP contribution in [0.2, 0.25) is 0 Å². The summed E-state index contributed by atoms with van der Waals surface area (Å²) in [5.74, 6) is -0.163. The molecule has 1 aliphatic heterocycles. The summed E-state index contributed by atoms with van der Waals surface area (Å²) in [6.07, 6.45) is -1.75. The average molecular weight is 349 g/mol. The zero-order valence-electron chi connectivity index (χ0n) is 15.6. The molecule has 0 spiro atoms. The van der Waals surface area contributed by atoms with Crippen LogP contribution >= 0.6 is 0 Å². The molecule has 3 N–H and O–H groups in total. The smallest absolute Gasteiger partial charge is 0.399 e. The molecule has 0 saturated carbocycles. The minimum absolute atomic E-state index is 0.163. The Hall–Kier alpha value is -1.41. The highest BCUT2D eigenvalue weighted by Crippen LogP contribution is 2.36. The molecule has 25 heavy (non-hydrogen) atoms. The molecular formula is C18H28BNO5. The Bertz CT molecular complexity index is 603. The summed E-state index contributed by atoms with van der Waals surface area (Å²) in [7, 11) is -0.520. The molecular weight excluding hydrogens is 321 g/mol. The highest BCUT2D eigenvalue weighted by molar-refractivity contribution is 6.62. The Kier molecular flexibility index (Phi) is 5.94. The topological polar surface area (TPSA) is 88.0 Å². The van der Waals surface area contributed by atoms with Gasteiger partial charge in [0.15, 0.2) is 0 Å². The first kappa shape index (κ1) is 19.9. The third kappa shape index (κ3) is 4.61. The largest absolute Gasteiger partial charge is 0.494 e. The van der Waals surface area contributed by atoms with Gasteiger partial charge >= 0.3 is 7.12 Å². The lowest BCUT2D eigenvalue weighted by Crippen LogP contribution is -2.41. The molecule has 2 atom stereocenters. The van der Waals surface area contributed by atoms with Crippen LogP contribution < -0.4 is 10.8 Å². The highest BCUT2D eigenvalue weighted by Gasteiger charge is 2.51. The number of rotatable bonds is 6. The fourth-order valence-corrected chi connectivity index (χ4v) is 2.64. The van der Waals surface area contributed by atoms with Gasteiger partial charge < -0.3 is 24.8 Å². The van der Waals surface area contributed by atoms with Crippen LogP contribution in [0.4, 0.5) is 0 Å². The first-order valence-electron chi connectivity index (χ1n) is 8.59. The number of carbonyl (C=O) groups excluding carboxylic acids is 1. The van der Waals surface area contributed by atoms with Crippen molar-refractivity contribution in [2.75, 3.05) is 6.54 Å². The van der Waals surface area contributed by atoms with E-state index in [0.717, 1.165) is 5.46 Å². The van der Waals surface area contributed by atoms with Gasteiger partial charge in [-0.25, -0.2) is 0 Å². The van der Waals surface area contributed by atoms with E-state index in [4.69, 9.17) is 9.31 Å². The van der Waals surface area contributed by atoms with Crippen molar-refractivity contribution >= 4 is 18.5 Å². The first-order chi connectivity index (χ1) is 11.5. The zero-order chi connectivity index (χ0) is 18.8. The number of carbonyl (C=O) groups is 1. The van der Waals surface area contributed by atoms with Crippen LogP contribution in [0.25, 0.3) is 0 Å². The number of aliphatic hydroxyl groups is 2. The van der Waals surface area contributed by atoms with Gasteiger partial charge in [0, 0.05) is 13.5 Å². The quantitative estimate of drug-likeness (QED) is 0.665. The minimum atomic E-state index is -1.05. The van der Waals surface area contributed by atoms with Gasteiger partial charge in [-0.3, -0.25) is 4.79 Å². The molecule has 2 rings (SSSR count). The van der Waals surface area contributed by atoms with E-state index in [2.05, 4.69) is 5.32 Å². The maximum absolute atomic E-state index is 10.9. The van der Waals surface area contributed by atoms with E-state index in [9.17, 15) is 15.0 Å². The van der Waals surface area contributed by atoms with Crippen LogP contribution in [0.1, 0.15) is 52.7 Å². The van der Waals surface area contributed by atoms with Crippen molar-refractivity contribution in [3.05, 3.63) is 29.8 Å². The fraction of sp³-hybridized carbons (Fsp3) is 0.611. The van der Waals surface area contributed by atoms with Crippen LogP contribution in [-0.4, -0.2) is 47.1 Å². The van der Waals surface area contributed by atoms with Crippen molar-refractivity contribution in [1.82, 2.24) is 5.32 Å². The summed E-state index contributed by atoms with van der Waals surface area (Å²) >= 11 is 0. The van der Waals surface area contributed by atoms with E-state index < -0.39 is 30.5 Å². The Morgan fingerprint density at radius 3 is 2.36 bits per heavy atom. The maximum atomic E-state index is 10.9. The van der Waals surface area contributed by atoms with Crippen LogP contribution in [0.3, 0.4) is 0 Å². The molecule has 0 aliphatic carbocycles. The summed E-state index contributed by atoms with van der Waals surface area (Å²) in [6.45, 7) is 9.66. The molecule has 138 valence electrons. The maximum Gasteiger partial charge on any atom is 0.494 e. The van der Waals surface area contributed by atoms with Crippen molar-refractivity contribution in [1.29, 1.82) is 0 Å². The Labute approximate surface area is 149 Å². The Balaban J connectivity index is 2.07. The summed E-state index contributed by atoms with van der Waals surface area (Å²) in [6, 6.07) is 7.22. The predicted molar refractivity (Wildman–Crippen MR) is 96.4 cm³/mol. The van der Waals surface area contributed by atoms with Gasteiger partial charge in [-0.1, -0.05) is 24.3 Å². The number of hydrogen-bond donors (Lipinski definition) is 3. The lowest BCUT2D eigenvalue weighted by atomic mass is 9.78. The average Bonchev–Trinajstić information content (AvgIpc) is 2.74. The van der Waals surface area contributed by atoms with E-state index in [1.807, 2.05) is 33.8 Å². The molecule has 7 heteroatoms. The standard InChI is InChI=1S/C18H28BNO5/c1-12(21)20-10-9-15(22)16(23)13-7-6-8-14(11-13)19-24-17(2,3)18(4,5)25-19/h6-8,11,15-16,22-23H,9-10H2,1-5H3,(H,20,21). The third-order valence-electron chi connectivity index (χ3n) is 4.96. The monoisotopic (exact) mass is 349 g/mol. The van der Waals surface area contributed by atoms with Gasteiger partial charge in [-0.05, 0) is 45.1 Å². The molecule has 1 amide bonds.